The predicted octanol–water partition coefficient (Wildman–Crippen LogP) is 7.56. The molecule has 2 aromatic rings. The zero-order valence-corrected chi connectivity index (χ0v) is 31.9. The minimum Gasteiger partial charge on any atom is -0.444 e. The first-order valence-corrected chi connectivity index (χ1v) is 18.3. The number of nitrogens with zero attached hydrogens (tertiary/aromatic N) is 5. The van der Waals surface area contributed by atoms with Gasteiger partial charge < -0.3 is 19.1 Å². The molecule has 278 valence electrons. The van der Waals surface area contributed by atoms with Crippen molar-refractivity contribution in [3.05, 3.63) is 59.2 Å². The normalized spacial score (nSPS) is 18.6. The number of aliphatic imine (C=N–C) groups is 1. The predicted molar refractivity (Wildman–Crippen MR) is 199 cm³/mol. The van der Waals surface area contributed by atoms with E-state index >= 15 is 0 Å². The van der Waals surface area contributed by atoms with E-state index in [0.29, 0.717) is 48.4 Å². The summed E-state index contributed by atoms with van der Waals surface area (Å²) in [4.78, 5) is 64.0. The second kappa shape index (κ2) is 16.4. The number of benzene rings is 1. The summed E-state index contributed by atoms with van der Waals surface area (Å²) in [7, 11) is 1.62. The van der Waals surface area contributed by atoms with Crippen LogP contribution in [0, 0.1) is 11.7 Å². The number of likely N-dealkylation sites (tertiary alicyclic amines) is 1. The van der Waals surface area contributed by atoms with E-state index in [1.165, 1.54) is 12.1 Å². The Morgan fingerprint density at radius 3 is 2.35 bits per heavy atom. The third-order valence-electron chi connectivity index (χ3n) is 9.85. The lowest BCUT2D eigenvalue weighted by atomic mass is 9.97. The molecule has 2 fully saturated rings. The smallest absolute Gasteiger partial charge is 0.411 e. The first-order valence-electron chi connectivity index (χ1n) is 18.3. The molecule has 3 amide bonds. The van der Waals surface area contributed by atoms with Crippen LogP contribution < -0.4 is 0 Å². The van der Waals surface area contributed by atoms with Crippen LogP contribution in [0.2, 0.25) is 0 Å². The van der Waals surface area contributed by atoms with E-state index in [4.69, 9.17) is 4.74 Å². The van der Waals surface area contributed by atoms with Gasteiger partial charge in [-0.05, 0) is 112 Å². The number of halogens is 1. The van der Waals surface area contributed by atoms with E-state index in [2.05, 4.69) is 11.6 Å². The molecule has 1 aromatic carbocycles. The van der Waals surface area contributed by atoms with E-state index < -0.39 is 23.6 Å². The third kappa shape index (κ3) is 8.61. The number of fused-ring (bicyclic) bond motifs is 2. The Labute approximate surface area is 302 Å². The lowest BCUT2D eigenvalue weighted by Crippen LogP contribution is -2.55. The topological polar surface area (TPSA) is 105 Å². The number of hydrogen-bond acceptors (Lipinski definition) is 6. The van der Waals surface area contributed by atoms with Crippen LogP contribution in [0.1, 0.15) is 126 Å². The molecule has 2 heterocycles. The quantitative estimate of drug-likeness (QED) is 0.115. The molecule has 0 N–H and O–H groups in total. The second-order valence-electron chi connectivity index (χ2n) is 15.2. The van der Waals surface area contributed by atoms with Crippen molar-refractivity contribution in [1.29, 1.82) is 0 Å². The summed E-state index contributed by atoms with van der Waals surface area (Å²) >= 11 is 0. The second-order valence-corrected chi connectivity index (χ2v) is 15.2. The van der Waals surface area contributed by atoms with E-state index in [0.717, 1.165) is 19.3 Å². The van der Waals surface area contributed by atoms with Crippen molar-refractivity contribution in [2.24, 2.45) is 10.9 Å². The molecule has 0 radical (unpaired) electrons. The maximum Gasteiger partial charge on any atom is 0.411 e. The monoisotopic (exact) mass is 705 g/mol. The summed E-state index contributed by atoms with van der Waals surface area (Å²) in [6.45, 7) is 20.0. The van der Waals surface area contributed by atoms with Crippen molar-refractivity contribution in [3.8, 4) is 5.69 Å². The highest BCUT2D eigenvalue weighted by Crippen LogP contribution is 2.44. The van der Waals surface area contributed by atoms with Crippen LogP contribution in [0.4, 0.5) is 9.18 Å². The minimum absolute atomic E-state index is 0.0255. The van der Waals surface area contributed by atoms with Gasteiger partial charge in [-0.3, -0.25) is 24.3 Å². The van der Waals surface area contributed by atoms with E-state index in [1.54, 1.807) is 50.9 Å². The van der Waals surface area contributed by atoms with Gasteiger partial charge in [-0.15, -0.1) is 0 Å². The molecule has 1 saturated carbocycles. The third-order valence-corrected chi connectivity index (χ3v) is 9.85. The first-order chi connectivity index (χ1) is 24.0. The van der Waals surface area contributed by atoms with Crippen LogP contribution in [0.5, 0.6) is 0 Å². The van der Waals surface area contributed by atoms with Crippen LogP contribution in [-0.2, 0) is 9.53 Å². The average molecular weight is 706 g/mol. The van der Waals surface area contributed by atoms with Crippen molar-refractivity contribution in [1.82, 2.24) is 19.3 Å². The number of rotatable bonds is 14. The SMILES string of the molecule is C=Cc1c(C(=O)CCCCN(CC)C(=O)[C@@H]2C3CCC(C3)N2C(=O)OC(C)(C)C)cn(-c2ccc(F)cc2C(=O)N(C(C)C)C(C)C)c1C=NC. The average Bonchev–Trinajstić information content (AvgIpc) is 3.77. The number of aromatic nitrogens is 1. The van der Waals surface area contributed by atoms with Crippen molar-refractivity contribution < 1.29 is 28.3 Å². The van der Waals surface area contributed by atoms with E-state index in [1.807, 2.05) is 55.4 Å². The molecule has 2 aliphatic rings. The van der Waals surface area contributed by atoms with Crippen LogP contribution in [0.3, 0.4) is 0 Å². The zero-order valence-electron chi connectivity index (χ0n) is 31.9. The largest absolute Gasteiger partial charge is 0.444 e. The first kappa shape index (κ1) is 39.5. The molecule has 1 aromatic heterocycles. The fourth-order valence-corrected chi connectivity index (χ4v) is 7.74. The van der Waals surface area contributed by atoms with Crippen LogP contribution >= 0.6 is 0 Å². The maximum atomic E-state index is 14.6. The number of amides is 3. The van der Waals surface area contributed by atoms with Crippen molar-refractivity contribution >= 4 is 36.0 Å². The Balaban J connectivity index is 1.52. The highest BCUT2D eigenvalue weighted by atomic mass is 19.1. The number of unbranched alkanes of at least 4 members (excludes halogenated alkanes) is 1. The van der Waals surface area contributed by atoms with Gasteiger partial charge in [0, 0.05) is 68.2 Å². The van der Waals surface area contributed by atoms with Crippen LogP contribution in [-0.4, -0.2) is 99.1 Å². The molecule has 1 saturated heterocycles. The van der Waals surface area contributed by atoms with Crippen LogP contribution in [0.15, 0.2) is 36.0 Å². The molecule has 10 nitrogen and oxygen atoms in total. The van der Waals surface area contributed by atoms with E-state index in [9.17, 15) is 23.6 Å². The molecule has 0 spiro atoms. The Kier molecular flexibility index (Phi) is 12.7. The number of ketones is 1. The standard InChI is InChI=1S/C40H56FN5O5/c1-11-30-32(24-44(34(30)23-42-10)33-19-17-28(41)22-31(33)37(48)45(25(3)4)26(5)6)35(47)15-13-14-20-43(12-2)38(49)36-27-16-18-29(21-27)46(36)39(50)51-40(7,8)9/h11,17,19,22-27,29,36H,1,12-16,18,20-21H2,2-10H3/t27?,29?,36-/m0/s1. The van der Waals surface area contributed by atoms with Crippen molar-refractivity contribution in [2.75, 3.05) is 20.1 Å². The van der Waals surface area contributed by atoms with Crippen LogP contribution in [0.25, 0.3) is 11.8 Å². The van der Waals surface area contributed by atoms with Gasteiger partial charge in [-0.2, -0.15) is 0 Å². The van der Waals surface area contributed by atoms with Gasteiger partial charge in [-0.25, -0.2) is 9.18 Å². The Hall–Kier alpha value is -4.28. The van der Waals surface area contributed by atoms with Gasteiger partial charge in [0.15, 0.2) is 5.78 Å². The van der Waals surface area contributed by atoms with Gasteiger partial charge in [0.2, 0.25) is 5.91 Å². The molecule has 11 heteroatoms. The molecule has 51 heavy (non-hydrogen) atoms. The molecular weight excluding hydrogens is 649 g/mol. The number of hydrogen-bond donors (Lipinski definition) is 0. The lowest BCUT2D eigenvalue weighted by molar-refractivity contribution is -0.138. The summed E-state index contributed by atoms with van der Waals surface area (Å²) in [5.41, 5.74) is 1.51. The van der Waals surface area contributed by atoms with Gasteiger partial charge in [-0.1, -0.05) is 12.7 Å². The fourth-order valence-electron chi connectivity index (χ4n) is 7.74. The van der Waals surface area contributed by atoms with Gasteiger partial charge in [0.05, 0.1) is 16.9 Å². The Morgan fingerprint density at radius 2 is 1.76 bits per heavy atom. The van der Waals surface area contributed by atoms with Gasteiger partial charge in [0.25, 0.3) is 5.91 Å². The van der Waals surface area contributed by atoms with E-state index in [-0.39, 0.29) is 53.6 Å². The van der Waals surface area contributed by atoms with Gasteiger partial charge in [0.1, 0.15) is 17.5 Å². The fraction of sp³-hybridized carbons (Fsp3) is 0.575. The summed E-state index contributed by atoms with van der Waals surface area (Å²) < 4.78 is 22.0. The highest BCUT2D eigenvalue weighted by molar-refractivity contribution is 6.04. The zero-order chi connectivity index (χ0) is 37.8. The molecule has 3 atom stereocenters. The summed E-state index contributed by atoms with van der Waals surface area (Å²) in [6.07, 6.45) is 8.44. The molecule has 2 unspecified atom stereocenters. The number of piperidine rings is 1. The number of carbonyl (C=O) groups excluding carboxylic acids is 4. The van der Waals surface area contributed by atoms with Gasteiger partial charge >= 0.3 is 6.09 Å². The maximum absolute atomic E-state index is 14.6. The Morgan fingerprint density at radius 1 is 1.08 bits per heavy atom. The summed E-state index contributed by atoms with van der Waals surface area (Å²) in [6, 6.07) is 3.35. The lowest BCUT2D eigenvalue weighted by Gasteiger charge is -2.37. The van der Waals surface area contributed by atoms with Crippen molar-refractivity contribution in [3.63, 3.8) is 0 Å². The molecule has 1 aliphatic carbocycles. The Bertz CT molecular complexity index is 1650. The summed E-state index contributed by atoms with van der Waals surface area (Å²) in [5, 5.41) is 0. The number of ether oxygens (including phenoxy) is 1. The number of likely N-dealkylation sites (N-methyl/N-ethyl adjacent to an activating group) is 1. The molecule has 2 bridgehead atoms. The molecule has 4 rings (SSSR count). The molecular formula is C40H56FN5O5. The highest BCUT2D eigenvalue weighted by Gasteiger charge is 2.53. The summed E-state index contributed by atoms with van der Waals surface area (Å²) in [5.74, 6) is -0.900. The minimum atomic E-state index is -0.651. The molecule has 1 aliphatic heterocycles. The number of Topliss-reactive ketones (excluding diaryl/α,β-unsaturated/α-hetero) is 1. The van der Waals surface area contributed by atoms with Crippen molar-refractivity contribution in [2.45, 2.75) is 124 Å². The number of carbonyl (C=O) groups is 4.